The van der Waals surface area contributed by atoms with Crippen LogP contribution in [0.3, 0.4) is 0 Å². The molecule has 44 heavy (non-hydrogen) atoms. The second-order valence-corrected chi connectivity index (χ2v) is 11.9. The summed E-state index contributed by atoms with van der Waals surface area (Å²) in [5.74, 6) is 0.0755. The number of carbonyl (C=O) groups is 3. The van der Waals surface area contributed by atoms with E-state index in [9.17, 15) is 14.4 Å². The molecule has 2 rings (SSSR count). The van der Waals surface area contributed by atoms with E-state index in [-0.39, 0.29) is 12.3 Å². The first-order chi connectivity index (χ1) is 21.2. The van der Waals surface area contributed by atoms with Crippen molar-refractivity contribution in [1.82, 2.24) is 21.1 Å². The lowest BCUT2D eigenvalue weighted by Crippen LogP contribution is -2.46. The van der Waals surface area contributed by atoms with Crippen LogP contribution in [0.15, 0.2) is 48.8 Å². The molecule has 3 N–H and O–H groups in total. The molecule has 2 amide bonds. The molecule has 1 heterocycles. The number of hydroxylamine groups is 1. The molecule has 1 aromatic carbocycles. The summed E-state index contributed by atoms with van der Waals surface area (Å²) in [4.78, 5) is 46.5. The predicted octanol–water partition coefficient (Wildman–Crippen LogP) is 6.18. The number of amides is 2. The van der Waals surface area contributed by atoms with E-state index in [1.54, 1.807) is 12.4 Å². The van der Waals surface area contributed by atoms with E-state index in [1.165, 1.54) is 19.3 Å². The predicted molar refractivity (Wildman–Crippen MR) is 171 cm³/mol. The van der Waals surface area contributed by atoms with Gasteiger partial charge in [-0.05, 0) is 81.8 Å². The standard InChI is InChI=1S/C34H52N4O6/c1-5-6-7-8-9-12-21-36-32(40)30(25-27-15-17-29(18-16-27)42-26-28-19-23-35-24-20-28)38-44-31(39)14-11-10-13-22-37-33(41)43-34(2,3)4/h15-20,23-24,30,38H,5-14,21-22,25-26H2,1-4H3,(H,36,40)(H,37,41)/t30-/m0/s1. The van der Waals surface area contributed by atoms with Crippen molar-refractivity contribution in [1.29, 1.82) is 0 Å². The lowest BCUT2D eigenvalue weighted by atomic mass is 10.1. The van der Waals surface area contributed by atoms with Gasteiger partial charge in [-0.2, -0.15) is 0 Å². The van der Waals surface area contributed by atoms with Crippen LogP contribution in [-0.2, 0) is 32.2 Å². The molecule has 1 aromatic heterocycles. The first-order valence-electron chi connectivity index (χ1n) is 16.0. The second-order valence-electron chi connectivity index (χ2n) is 11.9. The van der Waals surface area contributed by atoms with Gasteiger partial charge in [-0.3, -0.25) is 14.6 Å². The van der Waals surface area contributed by atoms with Crippen molar-refractivity contribution in [3.05, 3.63) is 59.9 Å². The Labute approximate surface area is 263 Å². The molecule has 0 aliphatic carbocycles. The van der Waals surface area contributed by atoms with E-state index in [0.29, 0.717) is 39.0 Å². The average Bonchev–Trinajstić information content (AvgIpc) is 2.99. The van der Waals surface area contributed by atoms with Crippen LogP contribution in [0.1, 0.15) is 103 Å². The largest absolute Gasteiger partial charge is 0.489 e. The average molecular weight is 613 g/mol. The molecule has 10 heteroatoms. The number of benzene rings is 1. The highest BCUT2D eigenvalue weighted by Gasteiger charge is 2.21. The Morgan fingerprint density at radius 3 is 2.11 bits per heavy atom. The Morgan fingerprint density at radius 1 is 0.795 bits per heavy atom. The molecule has 0 fully saturated rings. The highest BCUT2D eigenvalue weighted by molar-refractivity contribution is 5.82. The maximum absolute atomic E-state index is 13.1. The van der Waals surface area contributed by atoms with Crippen LogP contribution in [-0.4, -0.2) is 47.7 Å². The normalized spacial score (nSPS) is 11.8. The molecule has 1 atom stereocenters. The minimum absolute atomic E-state index is 0.203. The van der Waals surface area contributed by atoms with E-state index in [2.05, 4.69) is 28.0 Å². The first kappa shape index (κ1) is 36.5. The molecule has 0 aliphatic rings. The van der Waals surface area contributed by atoms with Gasteiger partial charge in [0.2, 0.25) is 5.91 Å². The third kappa shape index (κ3) is 17.5. The minimum atomic E-state index is -0.736. The summed E-state index contributed by atoms with van der Waals surface area (Å²) in [6, 6.07) is 10.6. The second kappa shape index (κ2) is 21.1. The third-order valence-electron chi connectivity index (χ3n) is 6.71. The monoisotopic (exact) mass is 612 g/mol. The Balaban J connectivity index is 1.80. The van der Waals surface area contributed by atoms with Crippen LogP contribution in [0, 0.1) is 0 Å². The van der Waals surface area contributed by atoms with Gasteiger partial charge in [-0.15, -0.1) is 5.48 Å². The summed E-state index contributed by atoms with van der Waals surface area (Å²) in [6.45, 7) is 9.11. The molecule has 0 saturated heterocycles. The van der Waals surface area contributed by atoms with Crippen molar-refractivity contribution < 1.29 is 28.7 Å². The quantitative estimate of drug-likeness (QED) is 0.113. The third-order valence-corrected chi connectivity index (χ3v) is 6.71. The zero-order valence-electron chi connectivity index (χ0n) is 27.0. The van der Waals surface area contributed by atoms with Gasteiger partial charge in [0.05, 0.1) is 0 Å². The summed E-state index contributed by atoms with van der Waals surface area (Å²) in [6.07, 6.45) is 12.4. The Hall–Kier alpha value is -3.66. The Bertz CT molecular complexity index is 1090. The number of alkyl carbamates (subject to hydrolysis) is 1. The van der Waals surface area contributed by atoms with Crippen molar-refractivity contribution >= 4 is 18.0 Å². The number of carbonyl (C=O) groups excluding carboxylic acids is 3. The number of nitrogens with zero attached hydrogens (tertiary/aromatic N) is 1. The number of ether oxygens (including phenoxy) is 2. The summed E-state index contributed by atoms with van der Waals surface area (Å²) < 4.78 is 11.1. The fourth-order valence-electron chi connectivity index (χ4n) is 4.29. The van der Waals surface area contributed by atoms with Crippen molar-refractivity contribution in [3.63, 3.8) is 0 Å². The topological polar surface area (TPSA) is 128 Å². The number of hydrogen-bond acceptors (Lipinski definition) is 8. The van der Waals surface area contributed by atoms with E-state index < -0.39 is 23.7 Å². The number of pyridine rings is 1. The summed E-state index contributed by atoms with van der Waals surface area (Å²) in [7, 11) is 0. The molecule has 0 aliphatic heterocycles. The van der Waals surface area contributed by atoms with Crippen molar-refractivity contribution in [3.8, 4) is 5.75 Å². The summed E-state index contributed by atoms with van der Waals surface area (Å²) in [5.41, 5.74) is 4.10. The number of unbranched alkanes of at least 4 members (excludes halogenated alkanes) is 7. The van der Waals surface area contributed by atoms with Gasteiger partial charge in [0.1, 0.15) is 24.0 Å². The zero-order chi connectivity index (χ0) is 32.0. The Kier molecular flexibility index (Phi) is 17.5. The van der Waals surface area contributed by atoms with Crippen LogP contribution in [0.25, 0.3) is 0 Å². The van der Waals surface area contributed by atoms with Gasteiger partial charge in [-0.1, -0.05) is 57.6 Å². The van der Waals surface area contributed by atoms with Gasteiger partial charge in [-0.25, -0.2) is 4.79 Å². The molecular formula is C34H52N4O6. The van der Waals surface area contributed by atoms with Gasteiger partial charge >= 0.3 is 12.1 Å². The van der Waals surface area contributed by atoms with Crippen molar-refractivity contribution in [2.45, 2.75) is 117 Å². The van der Waals surface area contributed by atoms with Crippen LogP contribution in [0.5, 0.6) is 5.75 Å². The van der Waals surface area contributed by atoms with Crippen molar-refractivity contribution in [2.24, 2.45) is 0 Å². The fourth-order valence-corrected chi connectivity index (χ4v) is 4.29. The molecule has 0 saturated carbocycles. The highest BCUT2D eigenvalue weighted by Crippen LogP contribution is 2.16. The van der Waals surface area contributed by atoms with E-state index in [4.69, 9.17) is 14.3 Å². The maximum Gasteiger partial charge on any atom is 0.407 e. The molecular weight excluding hydrogens is 560 g/mol. The van der Waals surface area contributed by atoms with Gasteiger partial charge < -0.3 is 24.9 Å². The number of nitrogens with one attached hydrogen (secondary N) is 3. The van der Waals surface area contributed by atoms with Gasteiger partial charge in [0, 0.05) is 31.9 Å². The van der Waals surface area contributed by atoms with Gasteiger partial charge in [0.25, 0.3) is 0 Å². The lowest BCUT2D eigenvalue weighted by molar-refractivity contribution is -0.154. The SMILES string of the molecule is CCCCCCCCNC(=O)[C@H](Cc1ccc(OCc2ccncc2)cc1)NOC(=O)CCCCCNC(=O)OC(C)(C)C. The molecule has 0 spiro atoms. The van der Waals surface area contributed by atoms with Gasteiger partial charge in [0.15, 0.2) is 0 Å². The molecule has 0 bridgehead atoms. The lowest BCUT2D eigenvalue weighted by Gasteiger charge is -2.19. The first-order valence-corrected chi connectivity index (χ1v) is 16.0. The van der Waals surface area contributed by atoms with E-state index in [0.717, 1.165) is 42.6 Å². The fraction of sp³-hybridized carbons (Fsp3) is 0.588. The highest BCUT2D eigenvalue weighted by atomic mass is 16.7. The van der Waals surface area contributed by atoms with Crippen LogP contribution >= 0.6 is 0 Å². The Morgan fingerprint density at radius 2 is 1.43 bits per heavy atom. The van der Waals surface area contributed by atoms with Crippen LogP contribution in [0.2, 0.25) is 0 Å². The summed E-state index contributed by atoms with van der Waals surface area (Å²) in [5, 5.41) is 5.70. The van der Waals surface area contributed by atoms with Crippen LogP contribution < -0.4 is 20.9 Å². The van der Waals surface area contributed by atoms with E-state index >= 15 is 0 Å². The maximum atomic E-state index is 13.1. The van der Waals surface area contributed by atoms with Crippen molar-refractivity contribution in [2.75, 3.05) is 13.1 Å². The minimum Gasteiger partial charge on any atom is -0.489 e. The number of aromatic nitrogens is 1. The molecule has 244 valence electrons. The molecule has 0 radical (unpaired) electrons. The molecule has 10 nitrogen and oxygen atoms in total. The number of hydrogen-bond donors (Lipinski definition) is 3. The molecule has 2 aromatic rings. The summed E-state index contributed by atoms with van der Waals surface area (Å²) >= 11 is 0. The van der Waals surface area contributed by atoms with E-state index in [1.807, 2.05) is 57.2 Å². The zero-order valence-corrected chi connectivity index (χ0v) is 27.0. The molecule has 0 unspecified atom stereocenters. The number of rotatable bonds is 21. The van der Waals surface area contributed by atoms with Crippen LogP contribution in [0.4, 0.5) is 4.79 Å². The smallest absolute Gasteiger partial charge is 0.407 e.